The maximum Gasteiger partial charge on any atom is 0.243 e. The lowest BCUT2D eigenvalue weighted by molar-refractivity contribution is -0.114. The molecule has 0 saturated carbocycles. The predicted octanol–water partition coefficient (Wildman–Crippen LogP) is 3.34. The Kier molecular flexibility index (Phi) is 5.74. The molecule has 0 heterocycles. The molecule has 23 heavy (non-hydrogen) atoms. The van der Waals surface area contributed by atoms with Crippen LogP contribution < -0.4 is 15.4 Å². The zero-order valence-electron chi connectivity index (χ0n) is 13.3. The van der Waals surface area contributed by atoms with Crippen molar-refractivity contribution in [1.82, 2.24) is 0 Å². The van der Waals surface area contributed by atoms with Crippen molar-refractivity contribution in [1.29, 1.82) is 0 Å². The van der Waals surface area contributed by atoms with Gasteiger partial charge in [-0.25, -0.2) is 0 Å². The first-order valence-electron chi connectivity index (χ1n) is 7.47. The number of Topliss-reactive ketones (excluding diaryl/α,β-unsaturated/α-hetero) is 1. The van der Waals surface area contributed by atoms with Crippen molar-refractivity contribution in [2.24, 2.45) is 0 Å². The molecule has 2 N–H and O–H groups in total. The van der Waals surface area contributed by atoms with Crippen LogP contribution in [0.1, 0.15) is 24.2 Å². The molecule has 2 rings (SSSR count). The fourth-order valence-corrected chi connectivity index (χ4v) is 2.17. The molecule has 0 spiro atoms. The number of amides is 1. The Balaban J connectivity index is 2.00. The van der Waals surface area contributed by atoms with Crippen LogP contribution in [-0.2, 0) is 4.79 Å². The van der Waals surface area contributed by atoms with Gasteiger partial charge in [0.2, 0.25) is 5.91 Å². The SMILES string of the molecule is CCOc1ccccc1NC(=O)CNc1ccccc1C(C)=O. The van der Waals surface area contributed by atoms with Gasteiger partial charge >= 0.3 is 0 Å². The van der Waals surface area contributed by atoms with E-state index in [1.807, 2.05) is 25.1 Å². The first-order chi connectivity index (χ1) is 11.1. The van der Waals surface area contributed by atoms with Crippen molar-refractivity contribution < 1.29 is 14.3 Å². The number of anilines is 2. The van der Waals surface area contributed by atoms with Crippen molar-refractivity contribution in [2.45, 2.75) is 13.8 Å². The van der Waals surface area contributed by atoms with Crippen molar-refractivity contribution >= 4 is 23.1 Å². The van der Waals surface area contributed by atoms with Crippen LogP contribution in [0.3, 0.4) is 0 Å². The highest BCUT2D eigenvalue weighted by Crippen LogP contribution is 2.23. The van der Waals surface area contributed by atoms with Crippen molar-refractivity contribution in [2.75, 3.05) is 23.8 Å². The lowest BCUT2D eigenvalue weighted by Gasteiger charge is -2.13. The van der Waals surface area contributed by atoms with Crippen molar-refractivity contribution in [3.63, 3.8) is 0 Å². The zero-order valence-corrected chi connectivity index (χ0v) is 13.3. The molecule has 0 bridgehead atoms. The quantitative estimate of drug-likeness (QED) is 0.770. The average Bonchev–Trinajstić information content (AvgIpc) is 2.55. The first kappa shape index (κ1) is 16.5. The third kappa shape index (κ3) is 4.57. The summed E-state index contributed by atoms with van der Waals surface area (Å²) in [5, 5.41) is 5.80. The van der Waals surface area contributed by atoms with Crippen molar-refractivity contribution in [3.8, 4) is 5.75 Å². The molecule has 0 aliphatic heterocycles. The smallest absolute Gasteiger partial charge is 0.243 e. The molecule has 2 aromatic carbocycles. The maximum absolute atomic E-state index is 12.1. The average molecular weight is 312 g/mol. The molecule has 1 amide bonds. The summed E-state index contributed by atoms with van der Waals surface area (Å²) >= 11 is 0. The van der Waals surface area contributed by atoms with E-state index in [4.69, 9.17) is 4.74 Å². The molecule has 0 aromatic heterocycles. The van der Waals surface area contributed by atoms with Crippen LogP contribution in [0.5, 0.6) is 5.75 Å². The number of nitrogens with one attached hydrogen (secondary N) is 2. The van der Waals surface area contributed by atoms with Gasteiger partial charge in [0.1, 0.15) is 5.75 Å². The Bertz CT molecular complexity index is 698. The Morgan fingerprint density at radius 1 is 1.00 bits per heavy atom. The number of carbonyl (C=O) groups excluding carboxylic acids is 2. The number of carbonyl (C=O) groups is 2. The lowest BCUT2D eigenvalue weighted by atomic mass is 10.1. The van der Waals surface area contributed by atoms with Crippen LogP contribution in [0.15, 0.2) is 48.5 Å². The fourth-order valence-electron chi connectivity index (χ4n) is 2.17. The normalized spacial score (nSPS) is 10.0. The number of hydrogen-bond acceptors (Lipinski definition) is 4. The third-order valence-electron chi connectivity index (χ3n) is 3.21. The van der Waals surface area contributed by atoms with Gasteiger partial charge < -0.3 is 15.4 Å². The molecule has 0 saturated heterocycles. The summed E-state index contributed by atoms with van der Waals surface area (Å²) in [7, 11) is 0. The van der Waals surface area contributed by atoms with Crippen LogP contribution in [0.4, 0.5) is 11.4 Å². The molecule has 120 valence electrons. The van der Waals surface area contributed by atoms with Gasteiger partial charge in [-0.1, -0.05) is 24.3 Å². The van der Waals surface area contributed by atoms with Gasteiger partial charge in [-0.05, 0) is 38.1 Å². The fraction of sp³-hybridized carbons (Fsp3) is 0.222. The molecule has 0 atom stereocenters. The molecule has 2 aromatic rings. The Labute approximate surface area is 135 Å². The molecular formula is C18H20N2O3. The minimum atomic E-state index is -0.212. The Morgan fingerprint density at radius 3 is 2.35 bits per heavy atom. The van der Waals surface area contributed by atoms with E-state index in [0.29, 0.717) is 29.3 Å². The summed E-state index contributed by atoms with van der Waals surface area (Å²) in [6.07, 6.45) is 0. The van der Waals surface area contributed by atoms with Gasteiger partial charge in [-0.3, -0.25) is 9.59 Å². The summed E-state index contributed by atoms with van der Waals surface area (Å²) in [5.41, 5.74) is 1.84. The number of ketones is 1. The van der Waals surface area contributed by atoms with Gasteiger partial charge in [0.05, 0.1) is 18.8 Å². The lowest BCUT2D eigenvalue weighted by Crippen LogP contribution is -2.22. The number of benzene rings is 2. The molecule has 5 heteroatoms. The minimum Gasteiger partial charge on any atom is -0.492 e. The Morgan fingerprint density at radius 2 is 1.65 bits per heavy atom. The highest BCUT2D eigenvalue weighted by atomic mass is 16.5. The summed E-state index contributed by atoms with van der Waals surface area (Å²) in [4.78, 5) is 23.7. The largest absolute Gasteiger partial charge is 0.492 e. The van der Waals surface area contributed by atoms with Crippen molar-refractivity contribution in [3.05, 3.63) is 54.1 Å². The standard InChI is InChI=1S/C18H20N2O3/c1-3-23-17-11-7-6-10-16(17)20-18(22)12-19-15-9-5-4-8-14(15)13(2)21/h4-11,19H,3,12H2,1-2H3,(H,20,22). The second-order valence-electron chi connectivity index (χ2n) is 4.93. The van der Waals surface area contributed by atoms with Gasteiger partial charge in [-0.15, -0.1) is 0 Å². The molecule has 0 fully saturated rings. The van der Waals surface area contributed by atoms with Crippen LogP contribution in [0.2, 0.25) is 0 Å². The molecule has 0 aliphatic carbocycles. The molecular weight excluding hydrogens is 292 g/mol. The molecule has 0 aliphatic rings. The third-order valence-corrected chi connectivity index (χ3v) is 3.21. The molecule has 0 unspecified atom stereocenters. The van der Waals surface area contributed by atoms with Gasteiger partial charge in [0.15, 0.2) is 5.78 Å². The summed E-state index contributed by atoms with van der Waals surface area (Å²) in [6, 6.07) is 14.4. The highest BCUT2D eigenvalue weighted by Gasteiger charge is 2.10. The number of para-hydroxylation sites is 3. The van der Waals surface area contributed by atoms with E-state index in [-0.39, 0.29) is 18.2 Å². The van der Waals surface area contributed by atoms with E-state index in [9.17, 15) is 9.59 Å². The van der Waals surface area contributed by atoms with E-state index >= 15 is 0 Å². The van der Waals surface area contributed by atoms with Crippen LogP contribution >= 0.6 is 0 Å². The molecule has 5 nitrogen and oxygen atoms in total. The summed E-state index contributed by atoms with van der Waals surface area (Å²) in [5.74, 6) is 0.373. The van der Waals surface area contributed by atoms with E-state index in [2.05, 4.69) is 10.6 Å². The van der Waals surface area contributed by atoms with Crippen LogP contribution in [0, 0.1) is 0 Å². The van der Waals surface area contributed by atoms with E-state index in [0.717, 1.165) is 0 Å². The van der Waals surface area contributed by atoms with E-state index < -0.39 is 0 Å². The van der Waals surface area contributed by atoms with Gasteiger partial charge in [0.25, 0.3) is 0 Å². The zero-order chi connectivity index (χ0) is 16.7. The second kappa shape index (κ2) is 7.98. The van der Waals surface area contributed by atoms with E-state index in [1.54, 1.807) is 30.3 Å². The summed E-state index contributed by atoms with van der Waals surface area (Å²) in [6.45, 7) is 3.97. The maximum atomic E-state index is 12.1. The van der Waals surface area contributed by atoms with Crippen LogP contribution in [0.25, 0.3) is 0 Å². The number of ether oxygens (including phenoxy) is 1. The summed E-state index contributed by atoms with van der Waals surface area (Å²) < 4.78 is 5.47. The molecule has 0 radical (unpaired) electrons. The number of rotatable bonds is 7. The van der Waals surface area contributed by atoms with E-state index in [1.165, 1.54) is 6.92 Å². The Hall–Kier alpha value is -2.82. The predicted molar refractivity (Wildman–Crippen MR) is 91.2 cm³/mol. The van der Waals surface area contributed by atoms with Crippen LogP contribution in [-0.4, -0.2) is 24.8 Å². The highest BCUT2D eigenvalue weighted by molar-refractivity contribution is 6.01. The van der Waals surface area contributed by atoms with Gasteiger partial charge in [-0.2, -0.15) is 0 Å². The monoisotopic (exact) mass is 312 g/mol. The second-order valence-corrected chi connectivity index (χ2v) is 4.93. The van der Waals surface area contributed by atoms with Gasteiger partial charge in [0, 0.05) is 11.3 Å². The topological polar surface area (TPSA) is 67.4 Å². The number of hydrogen-bond donors (Lipinski definition) is 2. The minimum absolute atomic E-state index is 0.0461. The first-order valence-corrected chi connectivity index (χ1v) is 7.47.